The number of methoxy groups -OCH3 is 2. The Morgan fingerprint density at radius 2 is 1.79 bits per heavy atom. The molecule has 0 spiro atoms. The lowest BCUT2D eigenvalue weighted by Gasteiger charge is -2.15. The van der Waals surface area contributed by atoms with Gasteiger partial charge < -0.3 is 15.2 Å². The van der Waals surface area contributed by atoms with Gasteiger partial charge in [0.2, 0.25) is 0 Å². The van der Waals surface area contributed by atoms with Crippen LogP contribution in [-0.2, 0) is 7.05 Å². The van der Waals surface area contributed by atoms with E-state index < -0.39 is 0 Å². The summed E-state index contributed by atoms with van der Waals surface area (Å²) < 4.78 is 12.6. The maximum Gasteiger partial charge on any atom is 0.149 e. The van der Waals surface area contributed by atoms with E-state index in [4.69, 9.17) is 15.2 Å². The van der Waals surface area contributed by atoms with Crippen LogP contribution in [0.15, 0.2) is 12.1 Å². The quantitative estimate of drug-likeness (QED) is 0.921. The van der Waals surface area contributed by atoms with Crippen LogP contribution in [0.25, 0.3) is 11.3 Å². The Morgan fingerprint density at radius 3 is 2.26 bits per heavy atom. The van der Waals surface area contributed by atoms with Gasteiger partial charge in [-0.3, -0.25) is 4.68 Å². The van der Waals surface area contributed by atoms with Crippen LogP contribution < -0.4 is 15.2 Å². The summed E-state index contributed by atoms with van der Waals surface area (Å²) in [4.78, 5) is 0. The van der Waals surface area contributed by atoms with Crippen molar-refractivity contribution in [1.82, 2.24) is 9.78 Å². The highest BCUT2D eigenvalue weighted by molar-refractivity contribution is 5.76. The third-order valence-electron chi connectivity index (χ3n) is 3.36. The van der Waals surface area contributed by atoms with Crippen LogP contribution >= 0.6 is 0 Å². The Labute approximate surface area is 112 Å². The van der Waals surface area contributed by atoms with Gasteiger partial charge in [0.1, 0.15) is 17.3 Å². The molecule has 0 bridgehead atoms. The van der Waals surface area contributed by atoms with E-state index in [9.17, 15) is 0 Å². The number of benzene rings is 1. The molecule has 2 N–H and O–H groups in total. The van der Waals surface area contributed by atoms with Crippen molar-refractivity contribution in [3.63, 3.8) is 0 Å². The molecule has 0 saturated carbocycles. The number of ether oxygens (including phenoxy) is 2. The van der Waals surface area contributed by atoms with Gasteiger partial charge in [0.25, 0.3) is 0 Å². The molecule has 0 unspecified atom stereocenters. The summed E-state index contributed by atoms with van der Waals surface area (Å²) in [7, 11) is 5.17. The van der Waals surface area contributed by atoms with Crippen molar-refractivity contribution in [1.29, 1.82) is 0 Å². The first-order valence-corrected chi connectivity index (χ1v) is 6.02. The Morgan fingerprint density at radius 1 is 1.11 bits per heavy atom. The molecular formula is C14H19N3O2. The topological polar surface area (TPSA) is 62.3 Å². The van der Waals surface area contributed by atoms with Crippen molar-refractivity contribution in [2.75, 3.05) is 20.0 Å². The van der Waals surface area contributed by atoms with E-state index in [0.717, 1.165) is 33.9 Å². The van der Waals surface area contributed by atoms with Gasteiger partial charge in [0.05, 0.1) is 19.9 Å². The summed E-state index contributed by atoms with van der Waals surface area (Å²) in [5.41, 5.74) is 9.70. The number of anilines is 1. The number of hydrogen-bond acceptors (Lipinski definition) is 4. The lowest BCUT2D eigenvalue weighted by Crippen LogP contribution is -1.99. The number of nitrogen functional groups attached to an aromatic ring is 1. The summed E-state index contributed by atoms with van der Waals surface area (Å²) in [6.45, 7) is 3.92. The lowest BCUT2D eigenvalue weighted by molar-refractivity contribution is 0.389. The van der Waals surface area contributed by atoms with Gasteiger partial charge in [0.15, 0.2) is 0 Å². The molecule has 0 saturated heterocycles. The minimum Gasteiger partial charge on any atom is -0.496 e. The Hall–Kier alpha value is -2.17. The van der Waals surface area contributed by atoms with Gasteiger partial charge in [0, 0.05) is 23.7 Å². The maximum atomic E-state index is 5.87. The molecule has 5 heteroatoms. The average molecular weight is 261 g/mol. The molecule has 102 valence electrons. The lowest BCUT2D eigenvalue weighted by atomic mass is 10.0. The molecule has 19 heavy (non-hydrogen) atoms. The molecule has 0 aliphatic heterocycles. The fourth-order valence-corrected chi connectivity index (χ4v) is 2.37. The van der Waals surface area contributed by atoms with Crippen molar-refractivity contribution in [3.8, 4) is 22.8 Å². The smallest absolute Gasteiger partial charge is 0.149 e. The molecule has 0 aliphatic rings. The highest BCUT2D eigenvalue weighted by Gasteiger charge is 2.19. The zero-order chi connectivity index (χ0) is 14.2. The number of hydrogen-bond donors (Lipinski definition) is 1. The van der Waals surface area contributed by atoms with Crippen molar-refractivity contribution in [2.24, 2.45) is 7.05 Å². The third kappa shape index (κ3) is 2.01. The first kappa shape index (κ1) is 13.3. The molecule has 0 radical (unpaired) electrons. The van der Waals surface area contributed by atoms with E-state index in [1.54, 1.807) is 18.9 Å². The Kier molecular flexibility index (Phi) is 3.38. The molecule has 1 aromatic carbocycles. The van der Waals surface area contributed by atoms with Crippen LogP contribution in [0.3, 0.4) is 0 Å². The highest BCUT2D eigenvalue weighted by Crippen LogP contribution is 2.39. The molecule has 5 nitrogen and oxygen atoms in total. The predicted molar refractivity (Wildman–Crippen MR) is 75.6 cm³/mol. The second-order valence-corrected chi connectivity index (χ2v) is 4.46. The number of aromatic nitrogens is 2. The monoisotopic (exact) mass is 261 g/mol. The van der Waals surface area contributed by atoms with Crippen molar-refractivity contribution in [3.05, 3.63) is 23.3 Å². The van der Waals surface area contributed by atoms with E-state index in [1.807, 2.05) is 33.0 Å². The fourth-order valence-electron chi connectivity index (χ4n) is 2.37. The van der Waals surface area contributed by atoms with Crippen LogP contribution in [0.5, 0.6) is 11.5 Å². The first-order chi connectivity index (χ1) is 9.01. The van der Waals surface area contributed by atoms with E-state index in [2.05, 4.69) is 5.10 Å². The average Bonchev–Trinajstić information content (AvgIpc) is 2.63. The molecule has 0 fully saturated rings. The first-order valence-electron chi connectivity index (χ1n) is 6.02. The van der Waals surface area contributed by atoms with Gasteiger partial charge in [-0.15, -0.1) is 0 Å². The molecular weight excluding hydrogens is 242 g/mol. The fraction of sp³-hybridized carbons (Fsp3) is 0.357. The minimum atomic E-state index is 0.535. The second kappa shape index (κ2) is 4.84. The summed E-state index contributed by atoms with van der Waals surface area (Å²) in [5, 5.41) is 4.24. The van der Waals surface area contributed by atoms with Crippen LogP contribution in [-0.4, -0.2) is 24.0 Å². The van der Waals surface area contributed by atoms with Crippen LogP contribution in [0.4, 0.5) is 5.82 Å². The number of nitrogens with two attached hydrogens (primary N) is 1. The Balaban J connectivity index is 2.72. The van der Waals surface area contributed by atoms with Crippen molar-refractivity contribution in [2.45, 2.75) is 13.8 Å². The summed E-state index contributed by atoms with van der Waals surface area (Å²) >= 11 is 0. The SMILES string of the molecule is COc1ccc(-c2c(C)c(N)nn2C)c(OC)c1C. The molecule has 2 aromatic rings. The molecule has 2 rings (SSSR count). The van der Waals surface area contributed by atoms with Crippen LogP contribution in [0.2, 0.25) is 0 Å². The molecule has 0 amide bonds. The number of rotatable bonds is 3. The minimum absolute atomic E-state index is 0.535. The summed E-state index contributed by atoms with van der Waals surface area (Å²) in [6, 6.07) is 3.89. The van der Waals surface area contributed by atoms with E-state index in [-0.39, 0.29) is 0 Å². The standard InChI is InChI=1S/C14H19N3O2/c1-8-11(18-4)7-6-10(13(8)19-5)12-9(2)14(15)16-17(12)3/h6-7H,1-5H3,(H2,15,16). The third-order valence-corrected chi connectivity index (χ3v) is 3.36. The second-order valence-electron chi connectivity index (χ2n) is 4.46. The zero-order valence-corrected chi connectivity index (χ0v) is 11.9. The molecule has 1 heterocycles. The van der Waals surface area contributed by atoms with Crippen LogP contribution in [0.1, 0.15) is 11.1 Å². The zero-order valence-electron chi connectivity index (χ0n) is 11.9. The number of aryl methyl sites for hydroxylation is 1. The largest absolute Gasteiger partial charge is 0.496 e. The van der Waals surface area contributed by atoms with Gasteiger partial charge in [-0.05, 0) is 26.0 Å². The number of nitrogens with zero attached hydrogens (tertiary/aromatic N) is 2. The summed E-state index contributed by atoms with van der Waals surface area (Å²) in [5.74, 6) is 2.12. The highest BCUT2D eigenvalue weighted by atomic mass is 16.5. The summed E-state index contributed by atoms with van der Waals surface area (Å²) in [6.07, 6.45) is 0. The van der Waals surface area contributed by atoms with Gasteiger partial charge >= 0.3 is 0 Å². The van der Waals surface area contributed by atoms with E-state index in [1.165, 1.54) is 0 Å². The van der Waals surface area contributed by atoms with Gasteiger partial charge in [-0.2, -0.15) is 5.10 Å². The molecule has 0 atom stereocenters. The van der Waals surface area contributed by atoms with Gasteiger partial charge in [-0.1, -0.05) is 0 Å². The predicted octanol–water partition coefficient (Wildman–Crippen LogP) is 2.30. The van der Waals surface area contributed by atoms with Crippen LogP contribution in [0, 0.1) is 13.8 Å². The van der Waals surface area contributed by atoms with E-state index >= 15 is 0 Å². The van der Waals surface area contributed by atoms with Gasteiger partial charge in [-0.25, -0.2) is 0 Å². The normalized spacial score (nSPS) is 10.6. The van der Waals surface area contributed by atoms with Crippen molar-refractivity contribution < 1.29 is 9.47 Å². The maximum absolute atomic E-state index is 5.87. The molecule has 1 aromatic heterocycles. The van der Waals surface area contributed by atoms with Crippen molar-refractivity contribution >= 4 is 5.82 Å². The van der Waals surface area contributed by atoms with E-state index in [0.29, 0.717) is 5.82 Å². The molecule has 0 aliphatic carbocycles. The Bertz CT molecular complexity index is 618.